The van der Waals surface area contributed by atoms with E-state index >= 15 is 0 Å². The standard InChI is InChI=1S/C10H14N2OS/c11-6-8-3-4-9(14-8)7-12-5-1-2-10(12)13/h3-4H,1-2,5-7,11H2. The minimum Gasteiger partial charge on any atom is -0.338 e. The number of nitrogens with zero attached hydrogens (tertiary/aromatic N) is 1. The Morgan fingerprint density at radius 2 is 2.21 bits per heavy atom. The van der Waals surface area contributed by atoms with Crippen LogP contribution in [0.2, 0.25) is 0 Å². The van der Waals surface area contributed by atoms with Crippen LogP contribution in [-0.4, -0.2) is 17.4 Å². The predicted octanol–water partition coefficient (Wildman–Crippen LogP) is 1.33. The molecule has 1 aromatic rings. The fourth-order valence-corrected chi connectivity index (χ4v) is 2.59. The Labute approximate surface area is 87.5 Å². The van der Waals surface area contributed by atoms with Gasteiger partial charge in [-0.15, -0.1) is 11.3 Å². The first-order chi connectivity index (χ1) is 6.79. The second-order valence-corrected chi connectivity index (χ2v) is 4.74. The molecule has 2 heterocycles. The van der Waals surface area contributed by atoms with Crippen molar-refractivity contribution in [3.63, 3.8) is 0 Å². The molecule has 0 atom stereocenters. The SMILES string of the molecule is NCc1ccc(CN2CCCC2=O)s1. The molecule has 1 saturated heterocycles. The van der Waals surface area contributed by atoms with E-state index in [2.05, 4.69) is 6.07 Å². The van der Waals surface area contributed by atoms with Gasteiger partial charge in [0.1, 0.15) is 0 Å². The van der Waals surface area contributed by atoms with Crippen molar-refractivity contribution in [2.24, 2.45) is 5.73 Å². The van der Waals surface area contributed by atoms with Gasteiger partial charge in [0.05, 0.1) is 6.54 Å². The summed E-state index contributed by atoms with van der Waals surface area (Å²) in [6.07, 6.45) is 1.73. The summed E-state index contributed by atoms with van der Waals surface area (Å²) in [5, 5.41) is 0. The number of hydrogen-bond donors (Lipinski definition) is 1. The maximum atomic E-state index is 11.4. The van der Waals surface area contributed by atoms with E-state index in [1.807, 2.05) is 11.0 Å². The van der Waals surface area contributed by atoms with Crippen LogP contribution in [-0.2, 0) is 17.9 Å². The maximum absolute atomic E-state index is 11.4. The first-order valence-corrected chi connectivity index (χ1v) is 5.66. The second-order valence-electron chi connectivity index (χ2n) is 3.49. The van der Waals surface area contributed by atoms with E-state index in [9.17, 15) is 4.79 Å². The lowest BCUT2D eigenvalue weighted by atomic mass is 10.4. The molecule has 2 N–H and O–H groups in total. The minimum atomic E-state index is 0.285. The highest BCUT2D eigenvalue weighted by Crippen LogP contribution is 2.20. The zero-order chi connectivity index (χ0) is 9.97. The van der Waals surface area contributed by atoms with Gasteiger partial charge in [-0.25, -0.2) is 0 Å². The fraction of sp³-hybridized carbons (Fsp3) is 0.500. The Bertz CT molecular complexity index is 335. The quantitative estimate of drug-likeness (QED) is 0.818. The number of carbonyl (C=O) groups is 1. The Hall–Kier alpha value is -0.870. The van der Waals surface area contributed by atoms with Crippen molar-refractivity contribution in [3.8, 4) is 0 Å². The number of rotatable bonds is 3. The topological polar surface area (TPSA) is 46.3 Å². The molecule has 0 saturated carbocycles. The average Bonchev–Trinajstić information content (AvgIpc) is 2.77. The van der Waals surface area contributed by atoms with Crippen molar-refractivity contribution in [1.29, 1.82) is 0 Å². The van der Waals surface area contributed by atoms with Crippen LogP contribution in [0.4, 0.5) is 0 Å². The van der Waals surface area contributed by atoms with Crippen LogP contribution in [0.5, 0.6) is 0 Å². The van der Waals surface area contributed by atoms with Gasteiger partial charge in [-0.1, -0.05) is 0 Å². The van der Waals surface area contributed by atoms with Gasteiger partial charge in [0.2, 0.25) is 5.91 Å². The highest BCUT2D eigenvalue weighted by molar-refractivity contribution is 7.11. The number of amides is 1. The first kappa shape index (κ1) is 9.68. The van der Waals surface area contributed by atoms with Crippen LogP contribution in [0.25, 0.3) is 0 Å². The van der Waals surface area contributed by atoms with E-state index in [1.165, 1.54) is 9.75 Å². The van der Waals surface area contributed by atoms with Gasteiger partial charge in [0.15, 0.2) is 0 Å². The summed E-state index contributed by atoms with van der Waals surface area (Å²) in [5.41, 5.74) is 5.53. The van der Waals surface area contributed by atoms with Crippen LogP contribution in [0, 0.1) is 0 Å². The van der Waals surface area contributed by atoms with Gasteiger partial charge in [0, 0.05) is 29.3 Å². The molecule has 0 spiro atoms. The Morgan fingerprint density at radius 1 is 1.43 bits per heavy atom. The third-order valence-electron chi connectivity index (χ3n) is 2.44. The lowest BCUT2D eigenvalue weighted by Gasteiger charge is -2.13. The van der Waals surface area contributed by atoms with Crippen molar-refractivity contribution in [3.05, 3.63) is 21.9 Å². The number of hydrogen-bond acceptors (Lipinski definition) is 3. The molecule has 0 aromatic carbocycles. The number of nitrogens with two attached hydrogens (primary N) is 1. The van der Waals surface area contributed by atoms with Gasteiger partial charge in [0.25, 0.3) is 0 Å². The van der Waals surface area contributed by atoms with Crippen molar-refractivity contribution >= 4 is 17.2 Å². The molecule has 2 rings (SSSR count). The number of carbonyl (C=O) groups excluding carboxylic acids is 1. The van der Waals surface area contributed by atoms with Crippen molar-refractivity contribution in [2.45, 2.75) is 25.9 Å². The summed E-state index contributed by atoms with van der Waals surface area (Å²) in [6, 6.07) is 4.11. The Morgan fingerprint density at radius 3 is 2.79 bits per heavy atom. The maximum Gasteiger partial charge on any atom is 0.222 e. The largest absolute Gasteiger partial charge is 0.338 e. The molecule has 14 heavy (non-hydrogen) atoms. The van der Waals surface area contributed by atoms with Gasteiger partial charge in [-0.3, -0.25) is 4.79 Å². The molecule has 1 fully saturated rings. The summed E-state index contributed by atoms with van der Waals surface area (Å²) < 4.78 is 0. The zero-order valence-corrected chi connectivity index (χ0v) is 8.85. The number of thiophene rings is 1. The van der Waals surface area contributed by atoms with Crippen molar-refractivity contribution in [2.75, 3.05) is 6.54 Å². The first-order valence-electron chi connectivity index (χ1n) is 4.85. The van der Waals surface area contributed by atoms with Gasteiger partial charge in [-0.05, 0) is 18.6 Å². The molecule has 4 heteroatoms. The van der Waals surface area contributed by atoms with Gasteiger partial charge < -0.3 is 10.6 Å². The van der Waals surface area contributed by atoms with Crippen LogP contribution in [0.3, 0.4) is 0 Å². The molecular formula is C10H14N2OS. The number of likely N-dealkylation sites (tertiary alicyclic amines) is 1. The second kappa shape index (κ2) is 4.11. The summed E-state index contributed by atoms with van der Waals surface area (Å²) in [7, 11) is 0. The Kier molecular flexibility index (Phi) is 2.84. The van der Waals surface area contributed by atoms with Crippen molar-refractivity contribution in [1.82, 2.24) is 4.90 Å². The van der Waals surface area contributed by atoms with E-state index in [4.69, 9.17) is 5.73 Å². The highest BCUT2D eigenvalue weighted by Gasteiger charge is 2.20. The monoisotopic (exact) mass is 210 g/mol. The normalized spacial score (nSPS) is 16.6. The van der Waals surface area contributed by atoms with E-state index < -0.39 is 0 Å². The fourth-order valence-electron chi connectivity index (χ4n) is 1.68. The Balaban J connectivity index is 1.99. The molecule has 0 aliphatic carbocycles. The van der Waals surface area contributed by atoms with E-state index in [-0.39, 0.29) is 5.91 Å². The zero-order valence-electron chi connectivity index (χ0n) is 8.03. The van der Waals surface area contributed by atoms with Gasteiger partial charge in [-0.2, -0.15) is 0 Å². The molecule has 0 bridgehead atoms. The predicted molar refractivity (Wildman–Crippen MR) is 56.9 cm³/mol. The minimum absolute atomic E-state index is 0.285. The van der Waals surface area contributed by atoms with E-state index in [1.54, 1.807) is 11.3 Å². The third-order valence-corrected chi connectivity index (χ3v) is 3.53. The molecule has 1 aliphatic heterocycles. The van der Waals surface area contributed by atoms with Crippen LogP contribution < -0.4 is 5.73 Å². The molecule has 1 aromatic heterocycles. The molecule has 1 amide bonds. The smallest absolute Gasteiger partial charge is 0.222 e. The van der Waals surface area contributed by atoms with Crippen LogP contribution >= 0.6 is 11.3 Å². The lowest BCUT2D eigenvalue weighted by Crippen LogP contribution is -2.23. The molecule has 1 aliphatic rings. The summed E-state index contributed by atoms with van der Waals surface area (Å²) in [4.78, 5) is 15.7. The van der Waals surface area contributed by atoms with E-state index in [0.29, 0.717) is 6.54 Å². The van der Waals surface area contributed by atoms with E-state index in [0.717, 1.165) is 25.9 Å². The molecule has 0 radical (unpaired) electrons. The third kappa shape index (κ3) is 1.96. The lowest BCUT2D eigenvalue weighted by molar-refractivity contribution is -0.128. The molecular weight excluding hydrogens is 196 g/mol. The molecule has 76 valence electrons. The summed E-state index contributed by atoms with van der Waals surface area (Å²) >= 11 is 1.70. The van der Waals surface area contributed by atoms with Gasteiger partial charge >= 0.3 is 0 Å². The van der Waals surface area contributed by atoms with Crippen LogP contribution in [0.15, 0.2) is 12.1 Å². The highest BCUT2D eigenvalue weighted by atomic mass is 32.1. The van der Waals surface area contributed by atoms with Crippen molar-refractivity contribution < 1.29 is 4.79 Å². The van der Waals surface area contributed by atoms with Crippen LogP contribution in [0.1, 0.15) is 22.6 Å². The summed E-state index contributed by atoms with van der Waals surface area (Å²) in [6.45, 7) is 2.27. The molecule has 3 nitrogen and oxygen atoms in total. The average molecular weight is 210 g/mol. The molecule has 0 unspecified atom stereocenters. The summed E-state index contributed by atoms with van der Waals surface area (Å²) in [5.74, 6) is 0.285.